The molecule has 0 amide bonds. The maximum Gasteiger partial charge on any atom is 0.323 e. The van der Waals surface area contributed by atoms with E-state index in [1.165, 1.54) is 6.92 Å². The molecule has 0 aromatic heterocycles. The van der Waals surface area contributed by atoms with Gasteiger partial charge in [-0.3, -0.25) is 4.79 Å². The van der Waals surface area contributed by atoms with Crippen molar-refractivity contribution in [3.05, 3.63) is 59.7 Å². The minimum absolute atomic E-state index is 0.143. The average molecular weight is 315 g/mol. The van der Waals surface area contributed by atoms with Crippen LogP contribution in [0.3, 0.4) is 0 Å². The number of methoxy groups -OCH3 is 1. The van der Waals surface area contributed by atoms with Gasteiger partial charge in [0.25, 0.3) is 0 Å². The molecule has 0 fully saturated rings. The molecule has 3 N–H and O–H groups in total. The van der Waals surface area contributed by atoms with Crippen LogP contribution in [0.1, 0.15) is 18.1 Å². The highest BCUT2D eigenvalue weighted by Crippen LogP contribution is 2.33. The van der Waals surface area contributed by atoms with Crippen molar-refractivity contribution in [2.45, 2.75) is 25.5 Å². The van der Waals surface area contributed by atoms with Gasteiger partial charge in [0.1, 0.15) is 12.1 Å². The van der Waals surface area contributed by atoms with E-state index in [0.717, 1.165) is 5.56 Å². The first kappa shape index (κ1) is 16.8. The highest BCUT2D eigenvalue weighted by atomic mass is 16.5. The number of carbonyl (C=O) groups is 1. The molecular formula is C18H21NO4. The SMILES string of the molecule is COc1cccc(C[C@@](C)(N)C(=O)O)c1OCc1ccccc1. The molecule has 0 saturated carbocycles. The van der Waals surface area contributed by atoms with Gasteiger partial charge in [0.05, 0.1) is 7.11 Å². The second-order valence-electron chi connectivity index (χ2n) is 5.62. The van der Waals surface area contributed by atoms with Crippen molar-refractivity contribution in [1.29, 1.82) is 0 Å². The summed E-state index contributed by atoms with van der Waals surface area (Å²) in [4.78, 5) is 11.3. The van der Waals surface area contributed by atoms with Crippen LogP contribution in [-0.2, 0) is 17.8 Å². The van der Waals surface area contributed by atoms with E-state index >= 15 is 0 Å². The van der Waals surface area contributed by atoms with Crippen LogP contribution in [0.4, 0.5) is 0 Å². The highest BCUT2D eigenvalue weighted by molar-refractivity contribution is 5.78. The molecule has 0 aliphatic carbocycles. The molecule has 23 heavy (non-hydrogen) atoms. The van der Waals surface area contributed by atoms with E-state index in [1.807, 2.05) is 30.3 Å². The summed E-state index contributed by atoms with van der Waals surface area (Å²) in [5, 5.41) is 9.23. The monoisotopic (exact) mass is 315 g/mol. The normalized spacial score (nSPS) is 13.2. The molecular weight excluding hydrogens is 294 g/mol. The summed E-state index contributed by atoms with van der Waals surface area (Å²) in [6, 6.07) is 15.1. The number of rotatable bonds is 7. The number of nitrogens with two attached hydrogens (primary N) is 1. The van der Waals surface area contributed by atoms with Crippen molar-refractivity contribution >= 4 is 5.97 Å². The lowest BCUT2D eigenvalue weighted by molar-refractivity contribution is -0.142. The molecule has 0 heterocycles. The molecule has 0 aliphatic heterocycles. The van der Waals surface area contributed by atoms with E-state index in [0.29, 0.717) is 23.7 Å². The molecule has 0 aliphatic rings. The zero-order valence-corrected chi connectivity index (χ0v) is 13.3. The molecule has 0 radical (unpaired) electrons. The molecule has 0 spiro atoms. The minimum Gasteiger partial charge on any atom is -0.493 e. The van der Waals surface area contributed by atoms with Gasteiger partial charge in [-0.1, -0.05) is 42.5 Å². The zero-order chi connectivity index (χ0) is 16.9. The molecule has 2 aromatic carbocycles. The largest absolute Gasteiger partial charge is 0.493 e. The van der Waals surface area contributed by atoms with Crippen LogP contribution in [0.5, 0.6) is 11.5 Å². The zero-order valence-electron chi connectivity index (χ0n) is 13.3. The minimum atomic E-state index is -1.38. The summed E-state index contributed by atoms with van der Waals surface area (Å²) in [5.41, 5.74) is 6.20. The predicted octanol–water partition coefficient (Wildman–Crippen LogP) is 2.62. The van der Waals surface area contributed by atoms with Gasteiger partial charge >= 0.3 is 5.97 Å². The van der Waals surface area contributed by atoms with Gasteiger partial charge in [0, 0.05) is 12.0 Å². The molecule has 5 nitrogen and oxygen atoms in total. The Hall–Kier alpha value is -2.53. The number of carboxylic acids is 1. The van der Waals surface area contributed by atoms with Gasteiger partial charge in [-0.05, 0) is 18.6 Å². The lowest BCUT2D eigenvalue weighted by atomic mass is 9.93. The number of aliphatic carboxylic acids is 1. The number of benzene rings is 2. The first-order chi connectivity index (χ1) is 10.9. The maximum absolute atomic E-state index is 11.3. The fourth-order valence-corrected chi connectivity index (χ4v) is 2.23. The van der Waals surface area contributed by atoms with Gasteiger partial charge in [0.15, 0.2) is 11.5 Å². The second kappa shape index (κ2) is 7.15. The number of carboxylic acid groups (broad SMARTS) is 1. The Morgan fingerprint density at radius 1 is 1.17 bits per heavy atom. The third-order valence-corrected chi connectivity index (χ3v) is 3.55. The lowest BCUT2D eigenvalue weighted by Gasteiger charge is -2.22. The van der Waals surface area contributed by atoms with Crippen LogP contribution in [-0.4, -0.2) is 23.7 Å². The molecule has 5 heteroatoms. The molecule has 122 valence electrons. The Kier molecular flexibility index (Phi) is 5.24. The molecule has 0 bridgehead atoms. The summed E-state index contributed by atoms with van der Waals surface area (Å²) in [6.07, 6.45) is 0.143. The maximum atomic E-state index is 11.3. The van der Waals surface area contributed by atoms with E-state index in [1.54, 1.807) is 25.3 Å². The summed E-state index contributed by atoms with van der Waals surface area (Å²) in [5.74, 6) is 0.0192. The standard InChI is InChI=1S/C18H21NO4/c1-18(19,17(20)21)11-14-9-6-10-15(22-2)16(14)23-12-13-7-4-3-5-8-13/h3-10H,11-12,19H2,1-2H3,(H,20,21)/t18-/m1/s1. The molecule has 2 rings (SSSR count). The van der Waals surface area contributed by atoms with Crippen molar-refractivity contribution < 1.29 is 19.4 Å². The summed E-state index contributed by atoms with van der Waals surface area (Å²) < 4.78 is 11.2. The third kappa shape index (κ3) is 4.23. The van der Waals surface area contributed by atoms with Crippen LogP contribution in [0, 0.1) is 0 Å². The predicted molar refractivity (Wildman–Crippen MR) is 87.7 cm³/mol. The highest BCUT2D eigenvalue weighted by Gasteiger charge is 2.30. The van der Waals surface area contributed by atoms with E-state index in [4.69, 9.17) is 15.2 Å². The van der Waals surface area contributed by atoms with Crippen LogP contribution >= 0.6 is 0 Å². The summed E-state index contributed by atoms with van der Waals surface area (Å²) in [7, 11) is 1.55. The summed E-state index contributed by atoms with van der Waals surface area (Å²) >= 11 is 0. The van der Waals surface area contributed by atoms with Crippen molar-refractivity contribution in [3.8, 4) is 11.5 Å². The van der Waals surface area contributed by atoms with Crippen LogP contribution in [0.2, 0.25) is 0 Å². The Balaban J connectivity index is 2.27. The average Bonchev–Trinajstić information content (AvgIpc) is 2.54. The summed E-state index contributed by atoms with van der Waals surface area (Å²) in [6.45, 7) is 1.85. The van der Waals surface area contributed by atoms with Crippen LogP contribution < -0.4 is 15.2 Å². The van der Waals surface area contributed by atoms with Gasteiger partial charge in [-0.15, -0.1) is 0 Å². The van der Waals surface area contributed by atoms with Crippen LogP contribution in [0.15, 0.2) is 48.5 Å². The first-order valence-electron chi connectivity index (χ1n) is 7.29. The van der Waals surface area contributed by atoms with Crippen molar-refractivity contribution in [2.75, 3.05) is 7.11 Å². The number of ether oxygens (including phenoxy) is 2. The molecule has 1 atom stereocenters. The van der Waals surface area contributed by atoms with E-state index in [9.17, 15) is 9.90 Å². The van der Waals surface area contributed by atoms with E-state index in [2.05, 4.69) is 0 Å². The van der Waals surface area contributed by atoms with Crippen molar-refractivity contribution in [2.24, 2.45) is 5.73 Å². The van der Waals surface area contributed by atoms with Gasteiger partial charge in [-0.2, -0.15) is 0 Å². The molecule has 0 unspecified atom stereocenters. The number of para-hydroxylation sites is 1. The second-order valence-corrected chi connectivity index (χ2v) is 5.62. The van der Waals surface area contributed by atoms with E-state index in [-0.39, 0.29) is 6.42 Å². The fraction of sp³-hybridized carbons (Fsp3) is 0.278. The quantitative estimate of drug-likeness (QED) is 0.821. The van der Waals surface area contributed by atoms with Crippen molar-refractivity contribution in [3.63, 3.8) is 0 Å². The lowest BCUT2D eigenvalue weighted by Crippen LogP contribution is -2.46. The number of hydrogen-bond acceptors (Lipinski definition) is 4. The van der Waals surface area contributed by atoms with Crippen LogP contribution in [0.25, 0.3) is 0 Å². The van der Waals surface area contributed by atoms with E-state index < -0.39 is 11.5 Å². The molecule has 0 saturated heterocycles. The fourth-order valence-electron chi connectivity index (χ4n) is 2.23. The van der Waals surface area contributed by atoms with Gasteiger partial charge < -0.3 is 20.3 Å². The Morgan fingerprint density at radius 2 is 1.87 bits per heavy atom. The Bertz CT molecular complexity index is 668. The smallest absolute Gasteiger partial charge is 0.323 e. The van der Waals surface area contributed by atoms with Gasteiger partial charge in [-0.25, -0.2) is 0 Å². The first-order valence-corrected chi connectivity index (χ1v) is 7.29. The number of hydrogen-bond donors (Lipinski definition) is 2. The van der Waals surface area contributed by atoms with Crippen molar-refractivity contribution in [1.82, 2.24) is 0 Å². The Labute approximate surface area is 135 Å². The molecule has 2 aromatic rings. The topological polar surface area (TPSA) is 81.8 Å². The van der Waals surface area contributed by atoms with Gasteiger partial charge in [0.2, 0.25) is 0 Å². The Morgan fingerprint density at radius 3 is 2.48 bits per heavy atom. The third-order valence-electron chi connectivity index (χ3n) is 3.55.